The van der Waals surface area contributed by atoms with E-state index in [4.69, 9.17) is 14.2 Å². The molecule has 0 aliphatic rings. The second-order valence-electron chi connectivity index (χ2n) is 7.08. The number of hydrogen-bond donors (Lipinski definition) is 0. The van der Waals surface area contributed by atoms with Gasteiger partial charge in [0, 0.05) is 23.6 Å². The Bertz CT molecular complexity index is 537. The van der Waals surface area contributed by atoms with Gasteiger partial charge in [-0.25, -0.2) is 0 Å². The molecule has 0 aromatic heterocycles. The van der Waals surface area contributed by atoms with Crippen LogP contribution in [0.2, 0.25) is 26.2 Å². The maximum atomic E-state index is 6.32. The largest absolute Gasteiger partial charge is 0.352 e. The van der Waals surface area contributed by atoms with E-state index in [1.165, 1.54) is 0 Å². The summed E-state index contributed by atoms with van der Waals surface area (Å²) in [5.74, 6) is 0. The highest BCUT2D eigenvalue weighted by molar-refractivity contribution is 6.55. The molecule has 0 heterocycles. The van der Waals surface area contributed by atoms with E-state index < -0.39 is 30.2 Å². The Kier molecular flexibility index (Phi) is 8.57. The van der Waals surface area contributed by atoms with Crippen LogP contribution in [0.3, 0.4) is 0 Å². The third kappa shape index (κ3) is 7.26. The fourth-order valence-corrected chi connectivity index (χ4v) is 3.44. The van der Waals surface area contributed by atoms with Crippen LogP contribution in [0.25, 0.3) is 0 Å². The second-order valence-corrected chi connectivity index (χ2v) is 13.3. The molecule has 3 nitrogen and oxygen atoms in total. The Balaban J connectivity index is 2.17. The van der Waals surface area contributed by atoms with Crippen molar-refractivity contribution in [3.8, 4) is 0 Å². The third-order valence-electron chi connectivity index (χ3n) is 3.55. The van der Waals surface area contributed by atoms with E-state index in [1.54, 1.807) is 0 Å². The summed E-state index contributed by atoms with van der Waals surface area (Å²) >= 11 is 0. The van der Waals surface area contributed by atoms with Crippen molar-refractivity contribution in [1.82, 2.24) is 0 Å². The van der Waals surface area contributed by atoms with Gasteiger partial charge < -0.3 is 14.2 Å². The Morgan fingerprint density at radius 1 is 0.640 bits per heavy atom. The lowest BCUT2D eigenvalue weighted by molar-refractivity contribution is -0.244. The lowest BCUT2D eigenvalue weighted by atomic mass is 10.2. The van der Waals surface area contributed by atoms with Crippen LogP contribution in [0.15, 0.2) is 60.7 Å². The summed E-state index contributed by atoms with van der Waals surface area (Å²) in [5.41, 5.74) is 2.06. The molecule has 0 saturated carbocycles. The summed E-state index contributed by atoms with van der Waals surface area (Å²) < 4.78 is 18.6. The van der Waals surface area contributed by atoms with Crippen LogP contribution in [0.5, 0.6) is 0 Å². The lowest BCUT2D eigenvalue weighted by Crippen LogP contribution is -2.22. The second kappa shape index (κ2) is 10.7. The molecule has 0 radical (unpaired) electrons. The molecule has 0 saturated heterocycles. The van der Waals surface area contributed by atoms with E-state index in [1.807, 2.05) is 60.7 Å². The molecular formula is C20H30O3Si2. The molecule has 2 aromatic rings. The number of hydrogen-bond acceptors (Lipinski definition) is 3. The van der Waals surface area contributed by atoms with Crippen molar-refractivity contribution < 1.29 is 14.2 Å². The first-order chi connectivity index (χ1) is 12.1. The molecule has 0 aliphatic carbocycles. The van der Waals surface area contributed by atoms with Crippen molar-refractivity contribution in [1.29, 1.82) is 0 Å². The summed E-state index contributed by atoms with van der Waals surface area (Å²) in [6.45, 7) is 9.10. The first-order valence-electron chi connectivity index (χ1n) is 9.04. The van der Waals surface area contributed by atoms with Gasteiger partial charge in [0.25, 0.3) is 0 Å². The average Bonchev–Trinajstić information content (AvgIpc) is 2.62. The minimum absolute atomic E-state index is 0.407. The molecule has 0 aliphatic heterocycles. The summed E-state index contributed by atoms with van der Waals surface area (Å²) in [7, 11) is -1.68. The van der Waals surface area contributed by atoms with Crippen LogP contribution < -0.4 is 0 Å². The first-order valence-corrected chi connectivity index (χ1v) is 15.3. The zero-order valence-corrected chi connectivity index (χ0v) is 18.0. The summed E-state index contributed by atoms with van der Waals surface area (Å²) in [6, 6.07) is 20.3. The van der Waals surface area contributed by atoms with Crippen LogP contribution in [-0.4, -0.2) is 30.1 Å². The Hall–Kier alpha value is -1.25. The molecule has 2 unspecified atom stereocenters. The zero-order chi connectivity index (χ0) is 18.1. The van der Waals surface area contributed by atoms with Crippen molar-refractivity contribution in [2.45, 2.75) is 38.8 Å². The zero-order valence-electron chi connectivity index (χ0n) is 15.7. The Morgan fingerprint density at radius 3 is 1.32 bits per heavy atom. The number of benzene rings is 2. The fourth-order valence-electron chi connectivity index (χ4n) is 2.32. The van der Waals surface area contributed by atoms with Gasteiger partial charge in [-0.15, -0.1) is 0 Å². The van der Waals surface area contributed by atoms with Crippen LogP contribution >= 0.6 is 0 Å². The van der Waals surface area contributed by atoms with Crippen molar-refractivity contribution in [3.05, 3.63) is 71.8 Å². The highest BCUT2D eigenvalue weighted by atomic mass is 28.3. The molecule has 0 N–H and O–H groups in total. The van der Waals surface area contributed by atoms with Gasteiger partial charge in [0.15, 0.2) is 12.6 Å². The van der Waals surface area contributed by atoms with E-state index in [-0.39, 0.29) is 0 Å². The molecule has 2 atom stereocenters. The smallest absolute Gasteiger partial charge is 0.186 e. The Labute approximate surface area is 155 Å². The SMILES string of the molecule is C[SiH](C)COC(OC(OC[SiH](C)C)c1ccccc1)c1ccccc1. The maximum absolute atomic E-state index is 6.32. The Morgan fingerprint density at radius 2 is 1.00 bits per heavy atom. The highest BCUT2D eigenvalue weighted by Gasteiger charge is 2.22. The molecule has 2 aromatic carbocycles. The maximum Gasteiger partial charge on any atom is 0.186 e. The lowest BCUT2D eigenvalue weighted by Gasteiger charge is -2.27. The summed E-state index contributed by atoms with van der Waals surface area (Å²) in [4.78, 5) is 0. The van der Waals surface area contributed by atoms with Gasteiger partial charge in [-0.1, -0.05) is 86.9 Å². The van der Waals surface area contributed by atoms with Gasteiger partial charge >= 0.3 is 0 Å². The minimum Gasteiger partial charge on any atom is -0.352 e. The molecule has 0 spiro atoms. The monoisotopic (exact) mass is 374 g/mol. The molecule has 0 bridgehead atoms. The predicted octanol–water partition coefficient (Wildman–Crippen LogP) is 4.49. The topological polar surface area (TPSA) is 27.7 Å². The van der Waals surface area contributed by atoms with Gasteiger partial charge in [0.05, 0.1) is 17.6 Å². The van der Waals surface area contributed by atoms with Gasteiger partial charge in [-0.3, -0.25) is 0 Å². The molecule has 0 amide bonds. The van der Waals surface area contributed by atoms with Gasteiger partial charge in [-0.05, 0) is 0 Å². The van der Waals surface area contributed by atoms with E-state index in [2.05, 4.69) is 26.2 Å². The molecular weight excluding hydrogens is 344 g/mol. The molecule has 5 heteroatoms. The van der Waals surface area contributed by atoms with Crippen LogP contribution in [-0.2, 0) is 14.2 Å². The van der Waals surface area contributed by atoms with E-state index in [0.29, 0.717) is 0 Å². The third-order valence-corrected chi connectivity index (χ3v) is 5.27. The van der Waals surface area contributed by atoms with E-state index >= 15 is 0 Å². The highest BCUT2D eigenvalue weighted by Crippen LogP contribution is 2.29. The van der Waals surface area contributed by atoms with Gasteiger partial charge in [-0.2, -0.15) is 0 Å². The predicted molar refractivity (Wildman–Crippen MR) is 109 cm³/mol. The van der Waals surface area contributed by atoms with Crippen LogP contribution in [0.1, 0.15) is 23.7 Å². The first kappa shape index (κ1) is 20.1. The van der Waals surface area contributed by atoms with Crippen molar-refractivity contribution in [3.63, 3.8) is 0 Å². The molecule has 25 heavy (non-hydrogen) atoms. The fraction of sp³-hybridized carbons (Fsp3) is 0.400. The number of ether oxygens (including phenoxy) is 3. The standard InChI is InChI=1S/C20H30O3Si2/c1-24(2)15-21-19(17-11-7-5-8-12-17)23-20(22-16-25(3)4)18-13-9-6-10-14-18/h5-14,19-20,24-25H,15-16H2,1-4H3. The van der Waals surface area contributed by atoms with Crippen molar-refractivity contribution in [2.75, 3.05) is 12.5 Å². The molecule has 136 valence electrons. The normalized spacial score (nSPS) is 14.0. The van der Waals surface area contributed by atoms with Crippen LogP contribution in [0.4, 0.5) is 0 Å². The number of rotatable bonds is 10. The van der Waals surface area contributed by atoms with Crippen molar-refractivity contribution >= 4 is 17.6 Å². The molecule has 0 fully saturated rings. The van der Waals surface area contributed by atoms with Gasteiger partial charge in [0.2, 0.25) is 0 Å². The molecule has 2 rings (SSSR count). The van der Waals surface area contributed by atoms with E-state index in [9.17, 15) is 0 Å². The van der Waals surface area contributed by atoms with Crippen molar-refractivity contribution in [2.24, 2.45) is 0 Å². The van der Waals surface area contributed by atoms with Gasteiger partial charge in [0.1, 0.15) is 0 Å². The summed E-state index contributed by atoms with van der Waals surface area (Å²) in [6.07, 6.45) is 0.741. The van der Waals surface area contributed by atoms with Crippen LogP contribution in [0, 0.1) is 0 Å². The quantitative estimate of drug-likeness (QED) is 0.453. The average molecular weight is 375 g/mol. The minimum atomic E-state index is -0.838. The van der Waals surface area contributed by atoms with E-state index in [0.717, 1.165) is 23.6 Å². The summed E-state index contributed by atoms with van der Waals surface area (Å²) in [5, 5.41) is 0.